The first kappa shape index (κ1) is 10.8. The molecule has 5 heteroatoms. The Bertz CT molecular complexity index is 183. The van der Waals surface area contributed by atoms with Gasteiger partial charge in [0.1, 0.15) is 5.72 Å². The molecule has 0 aromatic heterocycles. The number of hydrogen-bond acceptors (Lipinski definition) is 2. The van der Waals surface area contributed by atoms with E-state index < -0.39 is 17.8 Å². The maximum absolute atomic E-state index is 12.3. The molecule has 2 unspecified atom stereocenters. The topological polar surface area (TPSA) is 32.3 Å². The van der Waals surface area contributed by atoms with Crippen LogP contribution < -0.4 is 5.32 Å². The molecule has 0 amide bonds. The van der Waals surface area contributed by atoms with Crippen LogP contribution in [-0.2, 0) is 0 Å². The van der Waals surface area contributed by atoms with Crippen LogP contribution in [-0.4, -0.2) is 24.1 Å². The lowest BCUT2D eigenvalue weighted by atomic mass is 9.83. The number of aliphatic hydroxyl groups is 1. The second-order valence-electron chi connectivity index (χ2n) is 3.62. The minimum atomic E-state index is -4.18. The Hall–Kier alpha value is -0.290. The zero-order valence-electron chi connectivity index (χ0n) is 7.49. The third-order valence-electron chi connectivity index (χ3n) is 2.66. The van der Waals surface area contributed by atoms with Crippen LogP contribution in [0.3, 0.4) is 0 Å². The first-order valence-electron chi connectivity index (χ1n) is 4.35. The predicted molar refractivity (Wildman–Crippen MR) is 42.0 cm³/mol. The summed E-state index contributed by atoms with van der Waals surface area (Å²) in [6.07, 6.45) is -3.46. The summed E-state index contributed by atoms with van der Waals surface area (Å²) in [6, 6.07) is 0. The van der Waals surface area contributed by atoms with E-state index in [1.165, 1.54) is 7.05 Å². The van der Waals surface area contributed by atoms with E-state index in [9.17, 15) is 18.3 Å². The van der Waals surface area contributed by atoms with Gasteiger partial charge in [-0.3, -0.25) is 5.32 Å². The molecular weight excluding hydrogens is 183 g/mol. The second kappa shape index (κ2) is 3.46. The number of alkyl halides is 3. The monoisotopic (exact) mass is 197 g/mol. The molecule has 2 atom stereocenters. The van der Waals surface area contributed by atoms with Crippen molar-refractivity contribution in [1.82, 2.24) is 5.32 Å². The van der Waals surface area contributed by atoms with E-state index in [0.717, 1.165) is 0 Å². The Kier molecular flexibility index (Phi) is 2.87. The van der Waals surface area contributed by atoms with Gasteiger partial charge in [0.2, 0.25) is 0 Å². The molecule has 2 nitrogen and oxygen atoms in total. The molecule has 0 bridgehead atoms. The van der Waals surface area contributed by atoms with Crippen molar-refractivity contribution in [3.05, 3.63) is 0 Å². The molecular formula is C8H14F3NO. The van der Waals surface area contributed by atoms with E-state index in [1.807, 2.05) is 0 Å². The lowest BCUT2D eigenvalue weighted by Gasteiger charge is -2.37. The summed E-state index contributed by atoms with van der Waals surface area (Å²) in [4.78, 5) is 0. The third kappa shape index (κ3) is 2.57. The lowest BCUT2D eigenvalue weighted by Crippen LogP contribution is -2.49. The van der Waals surface area contributed by atoms with Crippen molar-refractivity contribution >= 4 is 0 Å². The Morgan fingerprint density at radius 3 is 2.54 bits per heavy atom. The summed E-state index contributed by atoms with van der Waals surface area (Å²) in [5, 5.41) is 12.1. The normalized spacial score (nSPS) is 36.2. The van der Waals surface area contributed by atoms with Crippen LogP contribution in [0.1, 0.15) is 25.7 Å². The fourth-order valence-electron chi connectivity index (χ4n) is 1.76. The molecule has 0 aromatic carbocycles. The molecule has 1 rings (SSSR count). The van der Waals surface area contributed by atoms with Gasteiger partial charge < -0.3 is 5.11 Å². The highest BCUT2D eigenvalue weighted by atomic mass is 19.4. The molecule has 0 radical (unpaired) electrons. The van der Waals surface area contributed by atoms with Crippen LogP contribution in [0.4, 0.5) is 13.2 Å². The van der Waals surface area contributed by atoms with E-state index in [0.29, 0.717) is 12.8 Å². The minimum absolute atomic E-state index is 0.132. The number of hydrogen-bond donors (Lipinski definition) is 2. The van der Waals surface area contributed by atoms with Crippen molar-refractivity contribution in [2.24, 2.45) is 5.92 Å². The summed E-state index contributed by atoms with van der Waals surface area (Å²) in [7, 11) is 1.48. The van der Waals surface area contributed by atoms with Gasteiger partial charge in [-0.1, -0.05) is 0 Å². The maximum atomic E-state index is 12.3. The summed E-state index contributed by atoms with van der Waals surface area (Å²) in [5.74, 6) is -1.36. The first-order chi connectivity index (χ1) is 5.87. The molecule has 1 aliphatic rings. The van der Waals surface area contributed by atoms with Gasteiger partial charge in [-0.25, -0.2) is 0 Å². The van der Waals surface area contributed by atoms with E-state index >= 15 is 0 Å². The van der Waals surface area contributed by atoms with Crippen molar-refractivity contribution in [2.45, 2.75) is 37.6 Å². The van der Waals surface area contributed by atoms with Crippen LogP contribution in [0, 0.1) is 5.92 Å². The molecule has 0 aromatic rings. The van der Waals surface area contributed by atoms with Crippen molar-refractivity contribution < 1.29 is 18.3 Å². The standard InChI is InChI=1S/C8H14F3NO/c1-12-7(13)4-2-3-6(5-7)8(9,10)11/h6,12-13H,2-5H2,1H3. The van der Waals surface area contributed by atoms with Gasteiger partial charge in [-0.15, -0.1) is 0 Å². The van der Waals surface area contributed by atoms with Gasteiger partial charge in [0.15, 0.2) is 0 Å². The Morgan fingerprint density at radius 1 is 1.46 bits per heavy atom. The van der Waals surface area contributed by atoms with E-state index in [2.05, 4.69) is 5.32 Å². The average molecular weight is 197 g/mol. The zero-order valence-corrected chi connectivity index (χ0v) is 7.49. The van der Waals surface area contributed by atoms with Gasteiger partial charge in [0, 0.05) is 6.42 Å². The van der Waals surface area contributed by atoms with Crippen molar-refractivity contribution in [3.63, 3.8) is 0 Å². The highest BCUT2D eigenvalue weighted by molar-refractivity contribution is 4.86. The van der Waals surface area contributed by atoms with Crippen molar-refractivity contribution in [1.29, 1.82) is 0 Å². The first-order valence-corrected chi connectivity index (χ1v) is 4.35. The van der Waals surface area contributed by atoms with Gasteiger partial charge >= 0.3 is 6.18 Å². The van der Waals surface area contributed by atoms with Crippen LogP contribution in [0.2, 0.25) is 0 Å². The third-order valence-corrected chi connectivity index (χ3v) is 2.66. The number of nitrogens with one attached hydrogen (secondary N) is 1. The van der Waals surface area contributed by atoms with Crippen LogP contribution >= 0.6 is 0 Å². The van der Waals surface area contributed by atoms with Gasteiger partial charge in [0.05, 0.1) is 5.92 Å². The average Bonchev–Trinajstić information content (AvgIpc) is 2.03. The van der Waals surface area contributed by atoms with Crippen molar-refractivity contribution in [2.75, 3.05) is 7.05 Å². The molecule has 78 valence electrons. The summed E-state index contributed by atoms with van der Waals surface area (Å²) in [5.41, 5.74) is -1.32. The van der Waals surface area contributed by atoms with Gasteiger partial charge in [-0.2, -0.15) is 13.2 Å². The van der Waals surface area contributed by atoms with Gasteiger partial charge in [-0.05, 0) is 26.3 Å². The highest BCUT2D eigenvalue weighted by Gasteiger charge is 2.46. The summed E-state index contributed by atoms with van der Waals surface area (Å²) >= 11 is 0. The second-order valence-corrected chi connectivity index (χ2v) is 3.62. The molecule has 1 aliphatic carbocycles. The summed E-state index contributed by atoms with van der Waals surface area (Å²) < 4.78 is 36.8. The highest BCUT2D eigenvalue weighted by Crippen LogP contribution is 2.40. The van der Waals surface area contributed by atoms with Crippen LogP contribution in [0.25, 0.3) is 0 Å². The molecule has 0 saturated heterocycles. The predicted octanol–water partition coefficient (Wildman–Crippen LogP) is 1.65. The molecule has 1 saturated carbocycles. The molecule has 0 heterocycles. The van der Waals surface area contributed by atoms with Gasteiger partial charge in [0.25, 0.3) is 0 Å². The fourth-order valence-corrected chi connectivity index (χ4v) is 1.76. The Labute approximate surface area is 75.1 Å². The maximum Gasteiger partial charge on any atom is 0.391 e. The number of halogens is 3. The molecule has 13 heavy (non-hydrogen) atoms. The largest absolute Gasteiger partial charge is 0.391 e. The fraction of sp³-hybridized carbons (Fsp3) is 1.00. The molecule has 0 aliphatic heterocycles. The van der Waals surface area contributed by atoms with Crippen LogP contribution in [0.15, 0.2) is 0 Å². The smallest absolute Gasteiger partial charge is 0.376 e. The van der Waals surface area contributed by atoms with E-state index in [1.54, 1.807) is 0 Å². The molecule has 1 fully saturated rings. The molecule has 2 N–H and O–H groups in total. The summed E-state index contributed by atoms with van der Waals surface area (Å²) in [6.45, 7) is 0. The van der Waals surface area contributed by atoms with Crippen LogP contribution in [0.5, 0.6) is 0 Å². The zero-order chi connectivity index (χ0) is 10.1. The quantitative estimate of drug-likeness (QED) is 0.626. The minimum Gasteiger partial charge on any atom is -0.376 e. The Morgan fingerprint density at radius 2 is 2.08 bits per heavy atom. The van der Waals surface area contributed by atoms with E-state index in [-0.39, 0.29) is 12.8 Å². The SMILES string of the molecule is CNC1(O)CCCC(C(F)(F)F)C1. The number of rotatable bonds is 1. The lowest BCUT2D eigenvalue weighted by molar-refractivity contribution is -0.203. The molecule has 0 spiro atoms. The Balaban J connectivity index is 2.62. The van der Waals surface area contributed by atoms with Crippen molar-refractivity contribution in [3.8, 4) is 0 Å². The van der Waals surface area contributed by atoms with E-state index in [4.69, 9.17) is 0 Å².